The number of hydrogen-bond acceptors (Lipinski definition) is 3. The van der Waals surface area contributed by atoms with Crippen molar-refractivity contribution in [2.45, 2.75) is 0 Å². The molecule has 0 unspecified atom stereocenters. The van der Waals surface area contributed by atoms with Gasteiger partial charge in [-0.1, -0.05) is 36.4 Å². The summed E-state index contributed by atoms with van der Waals surface area (Å²) in [6.45, 7) is 3.39. The van der Waals surface area contributed by atoms with E-state index in [9.17, 15) is 14.4 Å². The van der Waals surface area contributed by atoms with Crippen molar-refractivity contribution in [1.29, 1.82) is 0 Å². The molecule has 0 aliphatic carbocycles. The number of nitrogens with zero attached hydrogens (tertiary/aromatic N) is 1. The van der Waals surface area contributed by atoms with Crippen molar-refractivity contribution < 1.29 is 14.4 Å². The van der Waals surface area contributed by atoms with E-state index in [0.29, 0.717) is 6.29 Å². The Morgan fingerprint density at radius 2 is 1.95 bits per heavy atom. The lowest BCUT2D eigenvalue weighted by Crippen LogP contribution is -2.44. The molecule has 0 atom stereocenters. The summed E-state index contributed by atoms with van der Waals surface area (Å²) in [6.07, 6.45) is 4.83. The molecule has 0 aliphatic heterocycles. The highest BCUT2D eigenvalue weighted by Crippen LogP contribution is 2.02. The average Bonchev–Trinajstić information content (AvgIpc) is 2.49. The van der Waals surface area contributed by atoms with Crippen LogP contribution in [-0.4, -0.2) is 36.2 Å². The molecule has 0 fully saturated rings. The number of benzene rings is 1. The van der Waals surface area contributed by atoms with Gasteiger partial charge >= 0.3 is 6.03 Å². The molecular weight excluding hydrogens is 256 g/mol. The third-order valence-corrected chi connectivity index (χ3v) is 2.38. The lowest BCUT2D eigenvalue weighted by Gasteiger charge is -2.16. The van der Waals surface area contributed by atoms with Crippen LogP contribution in [0.1, 0.15) is 5.56 Å². The lowest BCUT2D eigenvalue weighted by atomic mass is 10.2. The second-order valence-corrected chi connectivity index (χ2v) is 3.83. The van der Waals surface area contributed by atoms with Crippen LogP contribution in [-0.2, 0) is 9.59 Å². The first-order chi connectivity index (χ1) is 9.69. The van der Waals surface area contributed by atoms with Gasteiger partial charge in [-0.2, -0.15) is 0 Å². The minimum Gasteiger partial charge on any atom is -0.334 e. The zero-order chi connectivity index (χ0) is 14.8. The number of imide groups is 1. The number of carbonyl (C=O) groups is 3. The molecule has 1 aromatic rings. The number of amides is 3. The molecule has 3 amide bonds. The molecule has 5 heteroatoms. The zero-order valence-electron chi connectivity index (χ0n) is 11.0. The monoisotopic (exact) mass is 272 g/mol. The molecular formula is C15H16N2O3. The predicted octanol–water partition coefficient (Wildman–Crippen LogP) is 1.62. The van der Waals surface area contributed by atoms with Gasteiger partial charge in [0.15, 0.2) is 0 Å². The molecule has 0 radical (unpaired) electrons. The van der Waals surface area contributed by atoms with Crippen molar-refractivity contribution in [2.24, 2.45) is 0 Å². The van der Waals surface area contributed by atoms with Gasteiger partial charge in [-0.05, 0) is 11.6 Å². The molecule has 0 aromatic heterocycles. The van der Waals surface area contributed by atoms with Crippen molar-refractivity contribution in [3.63, 3.8) is 0 Å². The molecule has 0 bridgehead atoms. The normalized spacial score (nSPS) is 10.0. The Bertz CT molecular complexity index is 509. The van der Waals surface area contributed by atoms with Gasteiger partial charge in [0.25, 0.3) is 5.91 Å². The van der Waals surface area contributed by atoms with E-state index < -0.39 is 11.9 Å². The third kappa shape index (κ3) is 4.89. The summed E-state index contributed by atoms with van der Waals surface area (Å²) >= 11 is 0. The Morgan fingerprint density at radius 1 is 1.25 bits per heavy atom. The number of aldehydes is 1. The number of carbonyl (C=O) groups excluding carboxylic acids is 3. The topological polar surface area (TPSA) is 66.5 Å². The first-order valence-electron chi connectivity index (χ1n) is 6.06. The van der Waals surface area contributed by atoms with Gasteiger partial charge in [-0.3, -0.25) is 9.69 Å². The van der Waals surface area contributed by atoms with Crippen LogP contribution in [0, 0.1) is 0 Å². The quantitative estimate of drug-likeness (QED) is 0.486. The summed E-state index contributed by atoms with van der Waals surface area (Å²) in [7, 11) is 0. The van der Waals surface area contributed by atoms with Crippen LogP contribution in [0.15, 0.2) is 49.1 Å². The fraction of sp³-hybridized carbons (Fsp3) is 0.133. The molecule has 0 saturated heterocycles. The fourth-order valence-corrected chi connectivity index (χ4v) is 1.42. The van der Waals surface area contributed by atoms with Gasteiger partial charge < -0.3 is 10.1 Å². The fourth-order valence-electron chi connectivity index (χ4n) is 1.42. The van der Waals surface area contributed by atoms with E-state index in [2.05, 4.69) is 11.9 Å². The van der Waals surface area contributed by atoms with Gasteiger partial charge in [-0.25, -0.2) is 4.79 Å². The van der Waals surface area contributed by atoms with E-state index >= 15 is 0 Å². The smallest absolute Gasteiger partial charge is 0.325 e. The van der Waals surface area contributed by atoms with Crippen molar-refractivity contribution in [3.8, 4) is 0 Å². The molecule has 0 aliphatic rings. The zero-order valence-corrected chi connectivity index (χ0v) is 11.0. The number of rotatable bonds is 6. The molecule has 1 rings (SSSR count). The minimum absolute atomic E-state index is 0.226. The largest absolute Gasteiger partial charge is 0.334 e. The Kier molecular flexibility index (Phi) is 6.47. The van der Waals surface area contributed by atoms with Crippen LogP contribution < -0.4 is 5.32 Å². The van der Waals surface area contributed by atoms with Gasteiger partial charge in [0.2, 0.25) is 0 Å². The maximum Gasteiger partial charge on any atom is 0.325 e. The Morgan fingerprint density at radius 3 is 2.55 bits per heavy atom. The highest BCUT2D eigenvalue weighted by atomic mass is 16.2. The van der Waals surface area contributed by atoms with Crippen molar-refractivity contribution in [3.05, 3.63) is 54.6 Å². The van der Waals surface area contributed by atoms with E-state index in [4.69, 9.17) is 0 Å². The van der Waals surface area contributed by atoms with E-state index in [-0.39, 0.29) is 13.1 Å². The lowest BCUT2D eigenvalue weighted by molar-refractivity contribution is -0.125. The van der Waals surface area contributed by atoms with Gasteiger partial charge in [0.05, 0.1) is 6.54 Å². The summed E-state index contributed by atoms with van der Waals surface area (Å²) < 4.78 is 0. The second-order valence-electron chi connectivity index (χ2n) is 3.83. The first-order valence-corrected chi connectivity index (χ1v) is 6.06. The minimum atomic E-state index is -0.625. The van der Waals surface area contributed by atoms with E-state index in [1.807, 2.05) is 30.3 Å². The predicted molar refractivity (Wildman–Crippen MR) is 76.8 cm³/mol. The van der Waals surface area contributed by atoms with Crippen molar-refractivity contribution in [2.75, 3.05) is 13.1 Å². The molecule has 0 heterocycles. The van der Waals surface area contributed by atoms with Crippen LogP contribution in [0.2, 0.25) is 0 Å². The molecule has 104 valence electrons. The van der Waals surface area contributed by atoms with Crippen LogP contribution in [0.25, 0.3) is 6.08 Å². The standard InChI is InChI=1S/C15H16N2O3/c1-2-10-16-15(20)17(11-12-18)14(19)9-8-13-6-4-3-5-7-13/h2-9,12H,1,10-11H2,(H,16,20). The maximum atomic E-state index is 11.9. The Balaban J connectivity index is 2.73. The highest BCUT2D eigenvalue weighted by molar-refractivity contribution is 6.03. The molecule has 1 aromatic carbocycles. The second kappa shape index (κ2) is 8.42. The summed E-state index contributed by atoms with van der Waals surface area (Å²) in [4.78, 5) is 35.0. The summed E-state index contributed by atoms with van der Waals surface area (Å²) in [5.41, 5.74) is 0.832. The van der Waals surface area contributed by atoms with Gasteiger partial charge in [0.1, 0.15) is 6.29 Å². The average molecular weight is 272 g/mol. The van der Waals surface area contributed by atoms with Crippen molar-refractivity contribution in [1.82, 2.24) is 10.2 Å². The van der Waals surface area contributed by atoms with Gasteiger partial charge in [0, 0.05) is 12.6 Å². The molecule has 5 nitrogen and oxygen atoms in total. The van der Waals surface area contributed by atoms with E-state index in [1.165, 1.54) is 12.2 Å². The van der Waals surface area contributed by atoms with Crippen molar-refractivity contribution >= 4 is 24.3 Å². The summed E-state index contributed by atoms with van der Waals surface area (Å²) in [5.74, 6) is -0.553. The van der Waals surface area contributed by atoms with E-state index in [1.54, 1.807) is 6.08 Å². The van der Waals surface area contributed by atoms with Gasteiger partial charge in [-0.15, -0.1) is 6.58 Å². The van der Waals surface area contributed by atoms with Crippen LogP contribution in [0.3, 0.4) is 0 Å². The van der Waals surface area contributed by atoms with Crippen LogP contribution in [0.4, 0.5) is 4.79 Å². The molecule has 1 N–H and O–H groups in total. The van der Waals surface area contributed by atoms with Crippen LogP contribution >= 0.6 is 0 Å². The highest BCUT2D eigenvalue weighted by Gasteiger charge is 2.17. The summed E-state index contributed by atoms with van der Waals surface area (Å²) in [6, 6.07) is 8.56. The van der Waals surface area contributed by atoms with Crippen LogP contribution in [0.5, 0.6) is 0 Å². The molecule has 0 saturated carbocycles. The Hall–Kier alpha value is -2.69. The van der Waals surface area contributed by atoms with E-state index in [0.717, 1.165) is 10.5 Å². The molecule has 0 spiro atoms. The summed E-state index contributed by atoms with van der Waals surface area (Å²) in [5, 5.41) is 2.45. The SMILES string of the molecule is C=CCNC(=O)N(CC=O)C(=O)C=Cc1ccccc1. The number of hydrogen-bond donors (Lipinski definition) is 1. The maximum absolute atomic E-state index is 11.9. The number of nitrogens with one attached hydrogen (secondary N) is 1. The molecule has 20 heavy (non-hydrogen) atoms. The number of urea groups is 1. The third-order valence-electron chi connectivity index (χ3n) is 2.38. The first kappa shape index (κ1) is 15.4. The Labute approximate surface area is 117 Å².